The van der Waals surface area contributed by atoms with Crippen LogP contribution in [0, 0.1) is 0 Å². The predicted molar refractivity (Wildman–Crippen MR) is 84.4 cm³/mol. The highest BCUT2D eigenvalue weighted by molar-refractivity contribution is 5.93. The minimum absolute atomic E-state index is 0.215. The van der Waals surface area contributed by atoms with Crippen molar-refractivity contribution in [3.63, 3.8) is 0 Å². The fraction of sp³-hybridized carbons (Fsp3) is 0.278. The lowest BCUT2D eigenvalue weighted by molar-refractivity contribution is 0.0999. The molecule has 1 amide bonds. The molecule has 0 spiro atoms. The third-order valence-electron chi connectivity index (χ3n) is 3.75. The van der Waals surface area contributed by atoms with Gasteiger partial charge in [0.1, 0.15) is 17.2 Å². The number of primary amides is 1. The third-order valence-corrected chi connectivity index (χ3v) is 3.75. The first-order chi connectivity index (χ1) is 10.7. The summed E-state index contributed by atoms with van der Waals surface area (Å²) in [5, 5.41) is 0. The van der Waals surface area contributed by atoms with Gasteiger partial charge in [0, 0.05) is 11.6 Å². The fourth-order valence-electron chi connectivity index (χ4n) is 2.66. The van der Waals surface area contributed by atoms with E-state index in [-0.39, 0.29) is 6.10 Å². The lowest BCUT2D eigenvalue weighted by atomic mass is 10.2. The molecule has 0 atom stereocenters. The largest absolute Gasteiger partial charge is 0.490 e. The number of benzene rings is 2. The van der Waals surface area contributed by atoms with Gasteiger partial charge in [0.05, 0.1) is 6.10 Å². The van der Waals surface area contributed by atoms with Crippen molar-refractivity contribution in [2.24, 2.45) is 5.73 Å². The lowest BCUT2D eigenvalue weighted by Crippen LogP contribution is -2.14. The predicted octanol–water partition coefficient (Wildman–Crippen LogP) is 3.90. The Morgan fingerprint density at radius 1 is 0.955 bits per heavy atom. The van der Waals surface area contributed by atoms with Crippen molar-refractivity contribution >= 4 is 5.91 Å². The molecule has 0 radical (unpaired) electrons. The van der Waals surface area contributed by atoms with Gasteiger partial charge in [-0.1, -0.05) is 18.2 Å². The number of nitrogens with two attached hydrogens (primary N) is 1. The minimum atomic E-state index is -0.491. The van der Waals surface area contributed by atoms with E-state index >= 15 is 0 Å². The quantitative estimate of drug-likeness (QED) is 0.910. The van der Waals surface area contributed by atoms with Crippen LogP contribution in [-0.4, -0.2) is 12.0 Å². The Balaban J connectivity index is 1.84. The molecule has 2 aromatic rings. The van der Waals surface area contributed by atoms with Crippen LogP contribution in [-0.2, 0) is 0 Å². The Bertz CT molecular complexity index is 649. The van der Waals surface area contributed by atoms with Crippen LogP contribution in [0.4, 0.5) is 0 Å². The smallest absolute Gasteiger partial charge is 0.248 e. The normalized spacial score (nSPS) is 14.7. The van der Waals surface area contributed by atoms with Crippen molar-refractivity contribution in [1.82, 2.24) is 0 Å². The van der Waals surface area contributed by atoms with Gasteiger partial charge in [-0.2, -0.15) is 0 Å². The summed E-state index contributed by atoms with van der Waals surface area (Å²) in [4.78, 5) is 11.5. The average molecular weight is 297 g/mol. The van der Waals surface area contributed by atoms with E-state index < -0.39 is 5.91 Å². The maximum Gasteiger partial charge on any atom is 0.248 e. The highest BCUT2D eigenvalue weighted by Crippen LogP contribution is 2.30. The van der Waals surface area contributed by atoms with Gasteiger partial charge in [0.15, 0.2) is 0 Å². The maximum atomic E-state index is 11.5. The van der Waals surface area contributed by atoms with Gasteiger partial charge in [-0.25, -0.2) is 0 Å². The molecule has 1 aliphatic rings. The molecule has 0 aromatic heterocycles. The van der Waals surface area contributed by atoms with Gasteiger partial charge in [-0.3, -0.25) is 4.79 Å². The van der Waals surface area contributed by atoms with E-state index in [1.54, 1.807) is 18.2 Å². The van der Waals surface area contributed by atoms with Gasteiger partial charge < -0.3 is 15.2 Å². The monoisotopic (exact) mass is 297 g/mol. The summed E-state index contributed by atoms with van der Waals surface area (Å²) in [6, 6.07) is 14.5. The van der Waals surface area contributed by atoms with E-state index in [0.29, 0.717) is 22.8 Å². The van der Waals surface area contributed by atoms with Gasteiger partial charge >= 0.3 is 0 Å². The standard InChI is InChI=1S/C18H19NO3/c19-18(20)13-10-16(21-14-6-2-1-3-7-14)12-17(11-13)22-15-8-4-5-9-15/h1-3,6-7,10-12,15H,4-5,8-9H2,(H2,19,20). The van der Waals surface area contributed by atoms with Gasteiger partial charge in [-0.05, 0) is 49.9 Å². The number of hydrogen-bond acceptors (Lipinski definition) is 3. The molecule has 1 fully saturated rings. The Labute approximate surface area is 129 Å². The van der Waals surface area contributed by atoms with Crippen molar-refractivity contribution < 1.29 is 14.3 Å². The second-order valence-corrected chi connectivity index (χ2v) is 5.50. The van der Waals surface area contributed by atoms with Crippen LogP contribution in [0.15, 0.2) is 48.5 Å². The SMILES string of the molecule is NC(=O)c1cc(Oc2ccccc2)cc(OC2CCCC2)c1. The van der Waals surface area contributed by atoms with E-state index in [2.05, 4.69) is 0 Å². The molecule has 1 saturated carbocycles. The third kappa shape index (κ3) is 3.58. The molecule has 0 heterocycles. The molecule has 22 heavy (non-hydrogen) atoms. The van der Waals surface area contributed by atoms with Crippen LogP contribution in [0.2, 0.25) is 0 Å². The lowest BCUT2D eigenvalue weighted by Gasteiger charge is -2.15. The molecule has 2 N–H and O–H groups in total. The molecule has 0 bridgehead atoms. The summed E-state index contributed by atoms with van der Waals surface area (Å²) >= 11 is 0. The Morgan fingerprint density at radius 3 is 2.32 bits per heavy atom. The Hall–Kier alpha value is -2.49. The first-order valence-electron chi connectivity index (χ1n) is 7.55. The summed E-state index contributed by atoms with van der Waals surface area (Å²) in [7, 11) is 0. The second-order valence-electron chi connectivity index (χ2n) is 5.50. The summed E-state index contributed by atoms with van der Waals surface area (Å²) in [5.41, 5.74) is 5.79. The molecular formula is C18H19NO3. The van der Waals surface area contributed by atoms with E-state index in [0.717, 1.165) is 12.8 Å². The first kappa shape index (κ1) is 14.4. The minimum Gasteiger partial charge on any atom is -0.490 e. The highest BCUT2D eigenvalue weighted by Gasteiger charge is 2.18. The molecular weight excluding hydrogens is 278 g/mol. The Morgan fingerprint density at radius 2 is 1.64 bits per heavy atom. The van der Waals surface area contributed by atoms with Crippen molar-refractivity contribution in [2.75, 3.05) is 0 Å². The van der Waals surface area contributed by atoms with Crippen LogP contribution in [0.25, 0.3) is 0 Å². The number of carbonyl (C=O) groups is 1. The molecule has 114 valence electrons. The first-order valence-corrected chi connectivity index (χ1v) is 7.55. The van der Waals surface area contributed by atoms with Crippen molar-refractivity contribution in [2.45, 2.75) is 31.8 Å². The molecule has 2 aromatic carbocycles. The van der Waals surface area contributed by atoms with Crippen LogP contribution in [0.1, 0.15) is 36.0 Å². The maximum absolute atomic E-state index is 11.5. The number of ether oxygens (including phenoxy) is 2. The second kappa shape index (κ2) is 6.52. The van der Waals surface area contributed by atoms with E-state index in [1.165, 1.54) is 12.8 Å². The molecule has 4 heteroatoms. The zero-order valence-corrected chi connectivity index (χ0v) is 12.3. The van der Waals surface area contributed by atoms with Gasteiger partial charge in [-0.15, -0.1) is 0 Å². The summed E-state index contributed by atoms with van der Waals surface area (Å²) in [5.74, 6) is 1.40. The highest BCUT2D eigenvalue weighted by atomic mass is 16.5. The Kier molecular flexibility index (Phi) is 4.28. The molecule has 1 aliphatic carbocycles. The zero-order valence-electron chi connectivity index (χ0n) is 12.3. The number of amides is 1. The molecule has 4 nitrogen and oxygen atoms in total. The van der Waals surface area contributed by atoms with Crippen molar-refractivity contribution in [3.05, 3.63) is 54.1 Å². The van der Waals surface area contributed by atoms with Gasteiger partial charge in [0.2, 0.25) is 5.91 Å². The van der Waals surface area contributed by atoms with Crippen LogP contribution < -0.4 is 15.2 Å². The van der Waals surface area contributed by atoms with E-state index in [4.69, 9.17) is 15.2 Å². The van der Waals surface area contributed by atoms with Crippen LogP contribution >= 0.6 is 0 Å². The average Bonchev–Trinajstić information content (AvgIpc) is 3.01. The molecule has 0 unspecified atom stereocenters. The molecule has 3 rings (SSSR count). The number of hydrogen-bond donors (Lipinski definition) is 1. The fourth-order valence-corrected chi connectivity index (χ4v) is 2.66. The van der Waals surface area contributed by atoms with E-state index in [9.17, 15) is 4.79 Å². The van der Waals surface area contributed by atoms with Crippen molar-refractivity contribution in [1.29, 1.82) is 0 Å². The van der Waals surface area contributed by atoms with Crippen LogP contribution in [0.3, 0.4) is 0 Å². The van der Waals surface area contributed by atoms with Gasteiger partial charge in [0.25, 0.3) is 0 Å². The summed E-state index contributed by atoms with van der Waals surface area (Å²) in [6.07, 6.45) is 4.69. The number of carbonyl (C=O) groups excluding carboxylic acids is 1. The van der Waals surface area contributed by atoms with Crippen LogP contribution in [0.5, 0.6) is 17.2 Å². The summed E-state index contributed by atoms with van der Waals surface area (Å²) < 4.78 is 11.7. The summed E-state index contributed by atoms with van der Waals surface area (Å²) in [6.45, 7) is 0. The van der Waals surface area contributed by atoms with E-state index in [1.807, 2.05) is 30.3 Å². The van der Waals surface area contributed by atoms with Crippen molar-refractivity contribution in [3.8, 4) is 17.2 Å². The topological polar surface area (TPSA) is 61.6 Å². The molecule has 0 saturated heterocycles. The molecule has 0 aliphatic heterocycles. The number of para-hydroxylation sites is 1. The number of rotatable bonds is 5. The zero-order chi connectivity index (χ0) is 15.4.